The third-order valence-corrected chi connectivity index (χ3v) is 7.21. The molecule has 0 saturated carbocycles. The summed E-state index contributed by atoms with van der Waals surface area (Å²) < 4.78 is 1.38. The monoisotopic (exact) mass is 379 g/mol. The SMILES string of the molecule is Cc1c([C@@H](C)C2CCN(C(=O)Nc3cccnc3)CC2)sc2ccccc12. The Balaban J connectivity index is 1.39. The number of aryl methyl sites for hydroxylation is 1. The number of carbonyl (C=O) groups excluding carboxylic acids is 1. The van der Waals surface area contributed by atoms with Crippen LogP contribution in [0.15, 0.2) is 48.8 Å². The van der Waals surface area contributed by atoms with Crippen molar-refractivity contribution in [2.45, 2.75) is 32.6 Å². The van der Waals surface area contributed by atoms with Gasteiger partial charge in [0, 0.05) is 28.9 Å². The van der Waals surface area contributed by atoms with Crippen molar-refractivity contribution in [3.05, 3.63) is 59.2 Å². The average molecular weight is 380 g/mol. The minimum Gasteiger partial charge on any atom is -0.325 e. The number of aromatic nitrogens is 1. The molecule has 1 atom stereocenters. The van der Waals surface area contributed by atoms with Crippen LogP contribution in [0.3, 0.4) is 0 Å². The van der Waals surface area contributed by atoms with Crippen LogP contribution in [0.5, 0.6) is 0 Å². The molecule has 0 unspecified atom stereocenters. The normalized spacial score (nSPS) is 16.4. The second-order valence-electron chi connectivity index (χ2n) is 7.37. The van der Waals surface area contributed by atoms with Crippen molar-refractivity contribution in [3.63, 3.8) is 0 Å². The largest absolute Gasteiger partial charge is 0.325 e. The highest BCUT2D eigenvalue weighted by Gasteiger charge is 2.29. The van der Waals surface area contributed by atoms with Gasteiger partial charge in [-0.05, 0) is 60.7 Å². The van der Waals surface area contributed by atoms with E-state index >= 15 is 0 Å². The summed E-state index contributed by atoms with van der Waals surface area (Å²) in [7, 11) is 0. The number of likely N-dealkylation sites (tertiary alicyclic amines) is 1. The number of amides is 2. The van der Waals surface area contributed by atoms with Crippen LogP contribution in [-0.2, 0) is 0 Å². The third-order valence-electron chi connectivity index (χ3n) is 5.74. The van der Waals surface area contributed by atoms with Gasteiger partial charge in [0.1, 0.15) is 0 Å². The van der Waals surface area contributed by atoms with Crippen LogP contribution in [0.1, 0.15) is 36.1 Å². The summed E-state index contributed by atoms with van der Waals surface area (Å²) in [6, 6.07) is 12.4. The predicted octanol–water partition coefficient (Wildman–Crippen LogP) is 5.65. The molecule has 3 heterocycles. The van der Waals surface area contributed by atoms with E-state index in [-0.39, 0.29) is 6.03 Å². The lowest BCUT2D eigenvalue weighted by molar-refractivity contribution is 0.176. The third kappa shape index (κ3) is 3.69. The van der Waals surface area contributed by atoms with E-state index in [1.54, 1.807) is 12.4 Å². The van der Waals surface area contributed by atoms with Gasteiger partial charge in [-0.25, -0.2) is 4.79 Å². The molecule has 1 aliphatic rings. The number of pyridine rings is 1. The number of anilines is 1. The lowest BCUT2D eigenvalue weighted by atomic mass is 9.83. The molecule has 1 N–H and O–H groups in total. The molecule has 4 nitrogen and oxygen atoms in total. The number of piperidine rings is 1. The first-order valence-corrected chi connectivity index (χ1v) is 10.4. The molecule has 1 saturated heterocycles. The van der Waals surface area contributed by atoms with E-state index in [0.717, 1.165) is 31.6 Å². The Bertz CT molecular complexity index is 929. The molecule has 1 aromatic carbocycles. The number of hydrogen-bond acceptors (Lipinski definition) is 3. The van der Waals surface area contributed by atoms with Gasteiger partial charge in [-0.2, -0.15) is 0 Å². The van der Waals surface area contributed by atoms with E-state index in [1.807, 2.05) is 28.4 Å². The van der Waals surface area contributed by atoms with Gasteiger partial charge in [0.05, 0.1) is 11.9 Å². The molecule has 0 radical (unpaired) electrons. The quantitative estimate of drug-likeness (QED) is 0.639. The minimum atomic E-state index is -0.0212. The van der Waals surface area contributed by atoms with Crippen LogP contribution in [0, 0.1) is 12.8 Å². The van der Waals surface area contributed by atoms with Gasteiger partial charge in [-0.15, -0.1) is 11.3 Å². The van der Waals surface area contributed by atoms with Crippen LogP contribution >= 0.6 is 11.3 Å². The number of thiophene rings is 1. The van der Waals surface area contributed by atoms with E-state index in [4.69, 9.17) is 0 Å². The molecule has 140 valence electrons. The van der Waals surface area contributed by atoms with Gasteiger partial charge >= 0.3 is 6.03 Å². The van der Waals surface area contributed by atoms with Crippen LogP contribution in [0.4, 0.5) is 10.5 Å². The molecule has 0 bridgehead atoms. The summed E-state index contributed by atoms with van der Waals surface area (Å²) in [5, 5.41) is 4.33. The van der Waals surface area contributed by atoms with E-state index in [2.05, 4.69) is 48.4 Å². The van der Waals surface area contributed by atoms with Crippen LogP contribution in [0.2, 0.25) is 0 Å². The smallest absolute Gasteiger partial charge is 0.321 e. The van der Waals surface area contributed by atoms with Gasteiger partial charge in [0.15, 0.2) is 0 Å². The fourth-order valence-corrected chi connectivity index (χ4v) is 5.44. The Kier molecular flexibility index (Phi) is 5.12. The average Bonchev–Trinajstić information content (AvgIpc) is 3.05. The van der Waals surface area contributed by atoms with E-state index in [1.165, 1.54) is 20.5 Å². The molecule has 1 aliphatic heterocycles. The fourth-order valence-electron chi connectivity index (χ4n) is 4.08. The second kappa shape index (κ2) is 7.69. The molecular formula is C22H25N3OS. The number of benzene rings is 1. The molecule has 27 heavy (non-hydrogen) atoms. The molecule has 4 rings (SSSR count). The van der Waals surface area contributed by atoms with Crippen molar-refractivity contribution in [2.75, 3.05) is 18.4 Å². The lowest BCUT2D eigenvalue weighted by Crippen LogP contribution is -2.41. The Hall–Kier alpha value is -2.40. The summed E-state index contributed by atoms with van der Waals surface area (Å²) in [6.45, 7) is 6.23. The van der Waals surface area contributed by atoms with E-state index in [9.17, 15) is 4.79 Å². The van der Waals surface area contributed by atoms with Crippen molar-refractivity contribution in [3.8, 4) is 0 Å². The van der Waals surface area contributed by atoms with Gasteiger partial charge < -0.3 is 10.2 Å². The number of nitrogens with one attached hydrogen (secondary N) is 1. The number of hydrogen-bond donors (Lipinski definition) is 1. The van der Waals surface area contributed by atoms with Gasteiger partial charge in [-0.3, -0.25) is 4.98 Å². The highest BCUT2D eigenvalue weighted by Crippen LogP contribution is 2.41. The second-order valence-corrected chi connectivity index (χ2v) is 8.46. The fraction of sp³-hybridized carbons (Fsp3) is 0.364. The molecule has 0 aliphatic carbocycles. The zero-order valence-corrected chi connectivity index (χ0v) is 16.6. The molecule has 3 aromatic rings. The molecule has 1 fully saturated rings. The summed E-state index contributed by atoms with van der Waals surface area (Å²) >= 11 is 1.93. The number of rotatable bonds is 3. The van der Waals surface area contributed by atoms with Crippen LogP contribution in [0.25, 0.3) is 10.1 Å². The molecule has 0 spiro atoms. The molecule has 2 amide bonds. The van der Waals surface area contributed by atoms with Gasteiger partial charge in [-0.1, -0.05) is 25.1 Å². The first-order chi connectivity index (χ1) is 13.1. The number of carbonyl (C=O) groups is 1. The maximum absolute atomic E-state index is 12.5. The highest BCUT2D eigenvalue weighted by molar-refractivity contribution is 7.19. The summed E-state index contributed by atoms with van der Waals surface area (Å²) in [5.74, 6) is 1.16. The van der Waals surface area contributed by atoms with Crippen molar-refractivity contribution in [1.29, 1.82) is 0 Å². The van der Waals surface area contributed by atoms with Gasteiger partial charge in [0.2, 0.25) is 0 Å². The zero-order chi connectivity index (χ0) is 18.8. The number of urea groups is 1. The minimum absolute atomic E-state index is 0.0212. The lowest BCUT2D eigenvalue weighted by Gasteiger charge is -2.34. The maximum atomic E-state index is 12.5. The van der Waals surface area contributed by atoms with Crippen LogP contribution < -0.4 is 5.32 Å². The summed E-state index contributed by atoms with van der Waals surface area (Å²) in [4.78, 5) is 20.0. The highest BCUT2D eigenvalue weighted by atomic mass is 32.1. The topological polar surface area (TPSA) is 45.2 Å². The Morgan fingerprint density at radius 1 is 1.22 bits per heavy atom. The molecule has 2 aromatic heterocycles. The summed E-state index contributed by atoms with van der Waals surface area (Å²) in [6.07, 6.45) is 5.49. The Morgan fingerprint density at radius 3 is 2.70 bits per heavy atom. The zero-order valence-electron chi connectivity index (χ0n) is 15.8. The predicted molar refractivity (Wildman–Crippen MR) is 113 cm³/mol. The van der Waals surface area contributed by atoms with Crippen LogP contribution in [-0.4, -0.2) is 29.0 Å². The first kappa shape index (κ1) is 18.0. The Labute approximate surface area is 164 Å². The van der Waals surface area contributed by atoms with Crippen molar-refractivity contribution in [2.24, 2.45) is 5.92 Å². The maximum Gasteiger partial charge on any atom is 0.321 e. The number of nitrogens with zero attached hydrogens (tertiary/aromatic N) is 2. The Morgan fingerprint density at radius 2 is 2.00 bits per heavy atom. The molecule has 5 heteroatoms. The standard InChI is InChI=1S/C22H25N3OS/c1-15(21-16(2)19-7-3-4-8-20(19)27-21)17-9-12-25(13-10-17)22(26)24-18-6-5-11-23-14-18/h3-8,11,14-15,17H,9-10,12-13H2,1-2H3,(H,24,26)/t15-/m0/s1. The van der Waals surface area contributed by atoms with Crippen molar-refractivity contribution < 1.29 is 4.79 Å². The van der Waals surface area contributed by atoms with Gasteiger partial charge in [0.25, 0.3) is 0 Å². The van der Waals surface area contributed by atoms with E-state index in [0.29, 0.717) is 11.8 Å². The van der Waals surface area contributed by atoms with Crippen molar-refractivity contribution in [1.82, 2.24) is 9.88 Å². The van der Waals surface area contributed by atoms with E-state index < -0.39 is 0 Å². The first-order valence-electron chi connectivity index (χ1n) is 9.57. The molecular weight excluding hydrogens is 354 g/mol. The van der Waals surface area contributed by atoms with Crippen molar-refractivity contribution >= 4 is 33.1 Å². The summed E-state index contributed by atoms with van der Waals surface area (Å²) in [5.41, 5.74) is 2.18. The number of fused-ring (bicyclic) bond motifs is 1.